The van der Waals surface area contributed by atoms with E-state index in [9.17, 15) is 14.4 Å². The van der Waals surface area contributed by atoms with Gasteiger partial charge in [-0.2, -0.15) is 0 Å². The number of benzene rings is 2. The zero-order valence-electron chi connectivity index (χ0n) is 22.5. The summed E-state index contributed by atoms with van der Waals surface area (Å²) in [6.45, 7) is 4.56. The summed E-state index contributed by atoms with van der Waals surface area (Å²) in [4.78, 5) is 48.4. The molecule has 3 aliphatic heterocycles. The maximum atomic E-state index is 13.9. The first-order valence-electron chi connectivity index (χ1n) is 13.9. The fourth-order valence-electron chi connectivity index (χ4n) is 6.07. The second-order valence-electron chi connectivity index (χ2n) is 10.7. The van der Waals surface area contributed by atoms with E-state index in [-0.39, 0.29) is 24.3 Å². The van der Waals surface area contributed by atoms with Crippen LogP contribution in [-0.4, -0.2) is 95.0 Å². The van der Waals surface area contributed by atoms with Crippen molar-refractivity contribution in [1.29, 1.82) is 0 Å². The Labute approximate surface area is 233 Å². The van der Waals surface area contributed by atoms with Crippen LogP contribution in [0.5, 0.6) is 0 Å². The van der Waals surface area contributed by atoms with Gasteiger partial charge in [0.05, 0.1) is 12.9 Å². The van der Waals surface area contributed by atoms with Gasteiger partial charge in [-0.15, -0.1) is 0 Å². The third kappa shape index (κ3) is 5.14. The lowest BCUT2D eigenvalue weighted by Gasteiger charge is -2.45. The Bertz CT molecular complexity index is 1310. The van der Waals surface area contributed by atoms with E-state index in [0.717, 1.165) is 19.6 Å². The standard InChI is InChI=1S/C31H34N4O5/c36-28(25-10-5-2-6-11-25)35-26(29(37)34-19-17-32(18-20-34)22-24-8-3-1-4-9-24)23-40-31(35)13-15-33(16-14-31)30(38)27-12-7-21-39-27/h1-12,21,26H,13-20,22-23H2. The summed E-state index contributed by atoms with van der Waals surface area (Å²) in [7, 11) is 0. The average Bonchev–Trinajstić information content (AvgIpc) is 3.67. The minimum atomic E-state index is -0.942. The van der Waals surface area contributed by atoms with E-state index < -0.39 is 11.8 Å². The van der Waals surface area contributed by atoms with Gasteiger partial charge in [-0.05, 0) is 29.8 Å². The minimum Gasteiger partial charge on any atom is -0.459 e. The van der Waals surface area contributed by atoms with E-state index in [2.05, 4.69) is 17.0 Å². The molecule has 0 N–H and O–H groups in total. The fraction of sp³-hybridized carbons (Fsp3) is 0.387. The molecule has 3 saturated heterocycles. The summed E-state index contributed by atoms with van der Waals surface area (Å²) < 4.78 is 11.7. The van der Waals surface area contributed by atoms with Gasteiger partial charge in [0.1, 0.15) is 11.8 Å². The van der Waals surface area contributed by atoms with Crippen molar-refractivity contribution in [3.63, 3.8) is 0 Å². The molecule has 6 rings (SSSR count). The maximum Gasteiger partial charge on any atom is 0.289 e. The number of likely N-dealkylation sites (tertiary alicyclic amines) is 1. The molecule has 3 amide bonds. The third-order valence-corrected chi connectivity index (χ3v) is 8.28. The highest BCUT2D eigenvalue weighted by Crippen LogP contribution is 2.39. The van der Waals surface area contributed by atoms with Crippen LogP contribution in [-0.2, 0) is 16.1 Å². The molecule has 0 saturated carbocycles. The van der Waals surface area contributed by atoms with Crippen molar-refractivity contribution < 1.29 is 23.5 Å². The zero-order valence-corrected chi connectivity index (χ0v) is 22.5. The molecule has 1 unspecified atom stereocenters. The summed E-state index contributed by atoms with van der Waals surface area (Å²) in [5.41, 5.74) is 0.833. The quantitative estimate of drug-likeness (QED) is 0.493. The van der Waals surface area contributed by atoms with Crippen molar-refractivity contribution in [2.45, 2.75) is 31.2 Å². The normalized spacial score (nSPS) is 21.1. The highest BCUT2D eigenvalue weighted by molar-refractivity contribution is 5.98. The van der Waals surface area contributed by atoms with Gasteiger partial charge in [-0.25, -0.2) is 0 Å². The van der Waals surface area contributed by atoms with Crippen molar-refractivity contribution in [3.8, 4) is 0 Å². The van der Waals surface area contributed by atoms with Crippen LogP contribution < -0.4 is 0 Å². The first-order chi connectivity index (χ1) is 19.5. The van der Waals surface area contributed by atoms with Crippen molar-refractivity contribution >= 4 is 17.7 Å². The van der Waals surface area contributed by atoms with E-state index in [1.54, 1.807) is 34.1 Å². The van der Waals surface area contributed by atoms with Crippen molar-refractivity contribution in [3.05, 3.63) is 95.9 Å². The molecule has 3 aromatic rings. The molecular weight excluding hydrogens is 508 g/mol. The van der Waals surface area contributed by atoms with Crippen LogP contribution in [0.25, 0.3) is 0 Å². The Morgan fingerprint density at radius 2 is 1.43 bits per heavy atom. The van der Waals surface area contributed by atoms with E-state index in [4.69, 9.17) is 9.15 Å². The van der Waals surface area contributed by atoms with Crippen LogP contribution in [0.4, 0.5) is 0 Å². The molecule has 9 nitrogen and oxygen atoms in total. The summed E-state index contributed by atoms with van der Waals surface area (Å²) in [6, 6.07) is 22.0. The summed E-state index contributed by atoms with van der Waals surface area (Å²) in [5, 5.41) is 0. The molecule has 9 heteroatoms. The minimum absolute atomic E-state index is 0.0744. The molecule has 2 aromatic carbocycles. The van der Waals surface area contributed by atoms with Gasteiger partial charge >= 0.3 is 0 Å². The van der Waals surface area contributed by atoms with Crippen LogP contribution >= 0.6 is 0 Å². The molecule has 3 fully saturated rings. The second-order valence-corrected chi connectivity index (χ2v) is 10.7. The largest absolute Gasteiger partial charge is 0.459 e. The first-order valence-corrected chi connectivity index (χ1v) is 13.9. The number of furan rings is 1. The number of ether oxygens (including phenoxy) is 1. The first kappa shape index (κ1) is 26.3. The van der Waals surface area contributed by atoms with Crippen molar-refractivity contribution in [2.24, 2.45) is 0 Å². The van der Waals surface area contributed by atoms with Crippen LogP contribution in [0.1, 0.15) is 39.3 Å². The van der Waals surface area contributed by atoms with Crippen LogP contribution in [0.2, 0.25) is 0 Å². The Kier molecular flexibility index (Phi) is 7.40. The van der Waals surface area contributed by atoms with E-state index in [1.165, 1.54) is 11.8 Å². The topological polar surface area (TPSA) is 86.5 Å². The van der Waals surface area contributed by atoms with Crippen molar-refractivity contribution in [2.75, 3.05) is 45.9 Å². The molecule has 1 spiro atoms. The molecule has 3 aliphatic rings. The molecule has 0 bridgehead atoms. The number of hydrogen-bond donors (Lipinski definition) is 0. The van der Waals surface area contributed by atoms with Crippen molar-refractivity contribution in [1.82, 2.24) is 19.6 Å². The number of piperazine rings is 1. The zero-order chi connectivity index (χ0) is 27.5. The van der Waals surface area contributed by atoms with Crippen LogP contribution in [0, 0.1) is 0 Å². The molecule has 0 aliphatic carbocycles. The summed E-state index contributed by atoms with van der Waals surface area (Å²) >= 11 is 0. The molecule has 1 aromatic heterocycles. The lowest BCUT2D eigenvalue weighted by atomic mass is 9.96. The second kappa shape index (κ2) is 11.3. The predicted molar refractivity (Wildman–Crippen MR) is 147 cm³/mol. The van der Waals surface area contributed by atoms with Gasteiger partial charge in [-0.3, -0.25) is 24.2 Å². The molecule has 40 heavy (non-hydrogen) atoms. The van der Waals surface area contributed by atoms with Gasteiger partial charge in [0, 0.05) is 64.2 Å². The number of hydrogen-bond acceptors (Lipinski definition) is 6. The number of carbonyl (C=O) groups excluding carboxylic acids is 3. The molecular formula is C31H34N4O5. The SMILES string of the molecule is O=C(c1ccco1)N1CCC2(CC1)OCC(C(=O)N1CCN(Cc3ccccc3)CC1)N2C(=O)c1ccccc1. The van der Waals surface area contributed by atoms with Gasteiger partial charge in [0.2, 0.25) is 5.91 Å². The molecule has 0 radical (unpaired) electrons. The van der Waals surface area contributed by atoms with Gasteiger partial charge in [0.25, 0.3) is 11.8 Å². The number of piperidine rings is 1. The predicted octanol–water partition coefficient (Wildman–Crippen LogP) is 3.10. The average molecular weight is 543 g/mol. The van der Waals surface area contributed by atoms with Gasteiger partial charge in [-0.1, -0.05) is 48.5 Å². The highest BCUT2D eigenvalue weighted by atomic mass is 16.5. The summed E-state index contributed by atoms with van der Waals surface area (Å²) in [5.74, 6) is -0.181. The highest BCUT2D eigenvalue weighted by Gasteiger charge is 2.55. The Morgan fingerprint density at radius 3 is 2.08 bits per heavy atom. The smallest absolute Gasteiger partial charge is 0.289 e. The Balaban J connectivity index is 1.17. The summed E-state index contributed by atoms with van der Waals surface area (Å²) in [6.07, 6.45) is 2.33. The molecule has 4 heterocycles. The number of carbonyl (C=O) groups is 3. The third-order valence-electron chi connectivity index (χ3n) is 8.28. The number of amides is 3. The van der Waals surface area contributed by atoms with Crippen LogP contribution in [0.3, 0.4) is 0 Å². The van der Waals surface area contributed by atoms with Gasteiger partial charge in [0.15, 0.2) is 5.76 Å². The van der Waals surface area contributed by atoms with E-state index >= 15 is 0 Å². The van der Waals surface area contributed by atoms with Gasteiger partial charge < -0.3 is 19.0 Å². The van der Waals surface area contributed by atoms with Crippen LogP contribution in [0.15, 0.2) is 83.5 Å². The lowest BCUT2D eigenvalue weighted by molar-refractivity contribution is -0.139. The Hall–Kier alpha value is -3.95. The fourth-order valence-corrected chi connectivity index (χ4v) is 6.07. The number of rotatable bonds is 5. The van der Waals surface area contributed by atoms with E-state index in [0.29, 0.717) is 50.3 Å². The van der Waals surface area contributed by atoms with E-state index in [1.807, 2.05) is 41.3 Å². The monoisotopic (exact) mass is 542 g/mol. The Morgan fingerprint density at radius 1 is 0.750 bits per heavy atom. The molecule has 208 valence electrons. The lowest BCUT2D eigenvalue weighted by Crippen LogP contribution is -2.61. The maximum absolute atomic E-state index is 13.9. The number of nitrogens with zero attached hydrogens (tertiary/aromatic N) is 4. The molecule has 1 atom stereocenters.